The summed E-state index contributed by atoms with van der Waals surface area (Å²) in [6.45, 7) is 0.302. The summed E-state index contributed by atoms with van der Waals surface area (Å²) in [5.41, 5.74) is 1.33. The number of carbonyl (C=O) groups is 2. The molecule has 4 rings (SSSR count). The minimum atomic E-state index is -3.78. The number of anilines is 1. The molecular formula is C21H27N5O4S. The molecule has 1 aliphatic heterocycles. The van der Waals surface area contributed by atoms with E-state index in [2.05, 4.69) is 20.8 Å². The van der Waals surface area contributed by atoms with Gasteiger partial charge in [-0.05, 0) is 36.6 Å². The highest BCUT2D eigenvalue weighted by molar-refractivity contribution is 7.89. The third kappa shape index (κ3) is 5.13. The lowest BCUT2D eigenvalue weighted by atomic mass is 9.86. The van der Waals surface area contributed by atoms with Gasteiger partial charge in [-0.3, -0.25) is 14.7 Å². The van der Waals surface area contributed by atoms with Gasteiger partial charge in [0.1, 0.15) is 0 Å². The summed E-state index contributed by atoms with van der Waals surface area (Å²) >= 11 is 0. The van der Waals surface area contributed by atoms with E-state index in [0.29, 0.717) is 17.3 Å². The van der Waals surface area contributed by atoms with Crippen LogP contribution in [0.3, 0.4) is 0 Å². The zero-order valence-corrected chi connectivity index (χ0v) is 18.1. The Morgan fingerprint density at radius 3 is 2.61 bits per heavy atom. The fourth-order valence-corrected chi connectivity index (χ4v) is 5.57. The standard InChI is InChI=1S/C21H27N5O4S/c27-20-14-26(11-10-22-20)31(29,30)18-8-6-16(7-9-18)21(28)23-19-13-17(24-25-19)12-15-4-2-1-3-5-15/h6-9,13,15H,1-5,10-12,14H2,(H,22,27)(H2,23,24,25,28). The number of hydrogen-bond acceptors (Lipinski definition) is 5. The van der Waals surface area contributed by atoms with Gasteiger partial charge in [-0.25, -0.2) is 8.42 Å². The first kappa shape index (κ1) is 21.5. The summed E-state index contributed by atoms with van der Waals surface area (Å²) in [7, 11) is -3.78. The van der Waals surface area contributed by atoms with Crippen LogP contribution in [0.5, 0.6) is 0 Å². The number of benzene rings is 1. The normalized spacial score (nSPS) is 18.5. The number of aromatic nitrogens is 2. The number of sulfonamides is 1. The van der Waals surface area contributed by atoms with Crippen LogP contribution in [0.1, 0.15) is 48.2 Å². The molecule has 2 heterocycles. The minimum Gasteiger partial charge on any atom is -0.354 e. The van der Waals surface area contributed by atoms with E-state index >= 15 is 0 Å². The van der Waals surface area contributed by atoms with Crippen LogP contribution >= 0.6 is 0 Å². The van der Waals surface area contributed by atoms with E-state index in [1.165, 1.54) is 56.4 Å². The third-order valence-electron chi connectivity index (χ3n) is 5.86. The molecule has 2 amide bonds. The SMILES string of the molecule is O=C1CN(S(=O)(=O)c2ccc(C(=O)Nc3cc(CC4CCCCC4)[nH]n3)cc2)CCN1. The maximum absolute atomic E-state index is 12.7. The minimum absolute atomic E-state index is 0.0493. The van der Waals surface area contributed by atoms with E-state index in [1.54, 1.807) is 0 Å². The van der Waals surface area contributed by atoms with Crippen molar-refractivity contribution in [3.8, 4) is 0 Å². The highest BCUT2D eigenvalue weighted by Gasteiger charge is 2.29. The number of rotatable bonds is 6. The summed E-state index contributed by atoms with van der Waals surface area (Å²) in [5, 5.41) is 12.5. The first-order valence-corrected chi connectivity index (χ1v) is 12.1. The molecule has 1 saturated carbocycles. The summed E-state index contributed by atoms with van der Waals surface area (Å²) < 4.78 is 26.5. The van der Waals surface area contributed by atoms with Crippen molar-refractivity contribution in [1.29, 1.82) is 0 Å². The van der Waals surface area contributed by atoms with Crippen LogP contribution in [-0.4, -0.2) is 54.4 Å². The van der Waals surface area contributed by atoms with Crippen molar-refractivity contribution < 1.29 is 18.0 Å². The number of amides is 2. The topological polar surface area (TPSA) is 124 Å². The number of nitrogens with one attached hydrogen (secondary N) is 3. The van der Waals surface area contributed by atoms with Crippen LogP contribution in [-0.2, 0) is 21.2 Å². The number of aromatic amines is 1. The number of hydrogen-bond donors (Lipinski definition) is 3. The van der Waals surface area contributed by atoms with Gasteiger partial charge >= 0.3 is 0 Å². The highest BCUT2D eigenvalue weighted by Crippen LogP contribution is 2.27. The fraction of sp³-hybridized carbons (Fsp3) is 0.476. The van der Waals surface area contributed by atoms with Crippen LogP contribution in [0.2, 0.25) is 0 Å². The van der Waals surface area contributed by atoms with E-state index in [9.17, 15) is 18.0 Å². The molecule has 2 aliphatic rings. The second-order valence-electron chi connectivity index (χ2n) is 8.15. The average Bonchev–Trinajstić information content (AvgIpc) is 3.21. The molecule has 1 aromatic carbocycles. The van der Waals surface area contributed by atoms with Crippen LogP contribution in [0.25, 0.3) is 0 Å². The Labute approximate surface area is 181 Å². The predicted octanol–water partition coefficient (Wildman–Crippen LogP) is 1.91. The van der Waals surface area contributed by atoms with Crippen LogP contribution in [0, 0.1) is 5.92 Å². The Morgan fingerprint density at radius 2 is 1.90 bits per heavy atom. The Hall–Kier alpha value is -2.72. The largest absolute Gasteiger partial charge is 0.354 e. The van der Waals surface area contributed by atoms with Gasteiger partial charge in [0.2, 0.25) is 15.9 Å². The van der Waals surface area contributed by atoms with E-state index in [0.717, 1.165) is 16.4 Å². The zero-order chi connectivity index (χ0) is 21.8. The molecule has 0 atom stereocenters. The summed E-state index contributed by atoms with van der Waals surface area (Å²) in [4.78, 5) is 24.1. The van der Waals surface area contributed by atoms with Crippen molar-refractivity contribution in [3.63, 3.8) is 0 Å². The first-order valence-electron chi connectivity index (χ1n) is 10.6. The van der Waals surface area contributed by atoms with Crippen molar-refractivity contribution in [1.82, 2.24) is 19.8 Å². The number of nitrogens with zero attached hydrogens (tertiary/aromatic N) is 2. The van der Waals surface area contributed by atoms with Crippen LogP contribution < -0.4 is 10.6 Å². The number of piperazine rings is 1. The smallest absolute Gasteiger partial charge is 0.256 e. The Bertz CT molecular complexity index is 1040. The molecule has 1 aromatic heterocycles. The second-order valence-corrected chi connectivity index (χ2v) is 10.1. The average molecular weight is 446 g/mol. The summed E-state index contributed by atoms with van der Waals surface area (Å²) in [5.74, 6) is 0.426. The Balaban J connectivity index is 1.38. The van der Waals surface area contributed by atoms with Gasteiger partial charge in [0.25, 0.3) is 5.91 Å². The fourth-order valence-electron chi connectivity index (χ4n) is 4.17. The molecule has 0 unspecified atom stereocenters. The maximum atomic E-state index is 12.7. The summed E-state index contributed by atoms with van der Waals surface area (Å²) in [6.07, 6.45) is 7.27. The Kier molecular flexibility index (Phi) is 6.38. The Morgan fingerprint density at radius 1 is 1.16 bits per heavy atom. The van der Waals surface area contributed by atoms with Gasteiger partial charge in [0, 0.05) is 30.4 Å². The van der Waals surface area contributed by atoms with Crippen molar-refractivity contribution in [3.05, 3.63) is 41.6 Å². The van der Waals surface area contributed by atoms with Gasteiger partial charge in [-0.2, -0.15) is 9.40 Å². The van der Waals surface area contributed by atoms with E-state index < -0.39 is 10.0 Å². The van der Waals surface area contributed by atoms with Crippen molar-refractivity contribution in [2.75, 3.05) is 25.0 Å². The van der Waals surface area contributed by atoms with Crippen molar-refractivity contribution in [2.45, 2.75) is 43.4 Å². The summed E-state index contributed by atoms with van der Waals surface area (Å²) in [6, 6.07) is 7.54. The van der Waals surface area contributed by atoms with Gasteiger partial charge in [0.15, 0.2) is 5.82 Å². The molecule has 31 heavy (non-hydrogen) atoms. The number of H-pyrrole nitrogens is 1. The molecule has 0 bridgehead atoms. The molecule has 10 heteroatoms. The molecule has 3 N–H and O–H groups in total. The molecule has 1 saturated heterocycles. The second kappa shape index (κ2) is 9.19. The highest BCUT2D eigenvalue weighted by atomic mass is 32.2. The van der Waals surface area contributed by atoms with E-state index in [-0.39, 0.29) is 36.3 Å². The lowest BCUT2D eigenvalue weighted by Crippen LogP contribution is -2.49. The predicted molar refractivity (Wildman–Crippen MR) is 115 cm³/mol. The lowest BCUT2D eigenvalue weighted by molar-refractivity contribution is -0.122. The van der Waals surface area contributed by atoms with Gasteiger partial charge < -0.3 is 10.6 Å². The van der Waals surface area contributed by atoms with Crippen LogP contribution in [0.4, 0.5) is 5.82 Å². The van der Waals surface area contributed by atoms with Crippen molar-refractivity contribution >= 4 is 27.7 Å². The molecule has 9 nitrogen and oxygen atoms in total. The molecule has 2 fully saturated rings. The van der Waals surface area contributed by atoms with Crippen molar-refractivity contribution in [2.24, 2.45) is 5.92 Å². The maximum Gasteiger partial charge on any atom is 0.256 e. The number of carbonyl (C=O) groups excluding carboxylic acids is 2. The first-order chi connectivity index (χ1) is 14.9. The quantitative estimate of drug-likeness (QED) is 0.626. The third-order valence-corrected chi connectivity index (χ3v) is 7.72. The van der Waals surface area contributed by atoms with Gasteiger partial charge in [0.05, 0.1) is 11.4 Å². The zero-order valence-electron chi connectivity index (χ0n) is 17.3. The lowest BCUT2D eigenvalue weighted by Gasteiger charge is -2.25. The molecule has 1 aliphatic carbocycles. The molecule has 2 aromatic rings. The molecular weight excluding hydrogens is 418 g/mol. The van der Waals surface area contributed by atoms with Gasteiger partial charge in [-0.15, -0.1) is 0 Å². The van der Waals surface area contributed by atoms with Gasteiger partial charge in [-0.1, -0.05) is 32.1 Å². The van der Waals surface area contributed by atoms with E-state index in [4.69, 9.17) is 0 Å². The molecule has 0 radical (unpaired) electrons. The monoisotopic (exact) mass is 445 g/mol. The molecule has 0 spiro atoms. The van der Waals surface area contributed by atoms with E-state index in [1.807, 2.05) is 6.07 Å². The van der Waals surface area contributed by atoms with Crippen LogP contribution in [0.15, 0.2) is 35.2 Å². The molecule has 166 valence electrons.